The van der Waals surface area contributed by atoms with Crippen LogP contribution >= 0.6 is 12.4 Å². The normalized spacial score (nSPS) is 8.91. The van der Waals surface area contributed by atoms with Gasteiger partial charge in [0.05, 0.1) is 12.2 Å². The summed E-state index contributed by atoms with van der Waals surface area (Å²) in [6.07, 6.45) is 1.52. The molecule has 11 heavy (non-hydrogen) atoms. The maximum atomic E-state index is 12.6. The van der Waals surface area contributed by atoms with Crippen LogP contribution in [-0.4, -0.2) is 4.98 Å². The summed E-state index contributed by atoms with van der Waals surface area (Å²) < 4.78 is 12.6. The number of hydrazine groups is 1. The van der Waals surface area contributed by atoms with Crippen LogP contribution in [0, 0.1) is 5.82 Å². The first-order chi connectivity index (χ1) is 4.84. The first kappa shape index (κ1) is 10.3. The Labute approximate surface area is 70.2 Å². The Morgan fingerprint density at radius 3 is 2.91 bits per heavy atom. The molecule has 1 aromatic heterocycles. The monoisotopic (exact) mass is 177 g/mol. The third kappa shape index (κ3) is 2.80. The number of nitrogens with zero attached hydrogens (tertiary/aromatic N) is 1. The van der Waals surface area contributed by atoms with Crippen LogP contribution in [0.25, 0.3) is 0 Å². The van der Waals surface area contributed by atoms with Gasteiger partial charge in [-0.05, 0) is 12.1 Å². The molecule has 0 aliphatic rings. The van der Waals surface area contributed by atoms with Crippen molar-refractivity contribution >= 4 is 12.4 Å². The van der Waals surface area contributed by atoms with E-state index in [1.165, 1.54) is 18.3 Å². The SMILES string of the molecule is Cl.NNCc1ncccc1F. The standard InChI is InChI=1S/C6H8FN3.ClH/c7-5-2-1-3-9-6(5)4-10-8;/h1-3,10H,4,8H2;1H. The molecule has 0 spiro atoms. The van der Waals surface area contributed by atoms with E-state index >= 15 is 0 Å². The molecule has 1 aromatic rings. The van der Waals surface area contributed by atoms with E-state index in [0.29, 0.717) is 5.69 Å². The maximum absolute atomic E-state index is 12.6. The smallest absolute Gasteiger partial charge is 0.146 e. The molecule has 0 radical (unpaired) electrons. The Morgan fingerprint density at radius 2 is 2.36 bits per heavy atom. The Balaban J connectivity index is 0.000001000. The lowest BCUT2D eigenvalue weighted by molar-refractivity contribution is 0.580. The van der Waals surface area contributed by atoms with E-state index in [9.17, 15) is 4.39 Å². The quantitative estimate of drug-likeness (QED) is 0.514. The summed E-state index contributed by atoms with van der Waals surface area (Å²) in [5, 5.41) is 0. The Kier molecular flexibility index (Phi) is 4.69. The van der Waals surface area contributed by atoms with Crippen molar-refractivity contribution in [1.82, 2.24) is 10.4 Å². The number of pyridine rings is 1. The van der Waals surface area contributed by atoms with Gasteiger partial charge in [-0.25, -0.2) is 4.39 Å². The van der Waals surface area contributed by atoms with Crippen molar-refractivity contribution in [2.45, 2.75) is 6.54 Å². The molecule has 1 rings (SSSR count). The van der Waals surface area contributed by atoms with Gasteiger partial charge in [-0.2, -0.15) is 0 Å². The largest absolute Gasteiger partial charge is 0.271 e. The third-order valence-corrected chi connectivity index (χ3v) is 1.10. The predicted octanol–water partition coefficient (Wildman–Crippen LogP) is 0.606. The van der Waals surface area contributed by atoms with E-state index in [1.54, 1.807) is 0 Å². The summed E-state index contributed by atoms with van der Waals surface area (Å²) in [4.78, 5) is 3.75. The highest BCUT2D eigenvalue weighted by Gasteiger charge is 1.98. The number of rotatable bonds is 2. The molecule has 0 saturated heterocycles. The fourth-order valence-electron chi connectivity index (χ4n) is 0.645. The molecule has 0 atom stereocenters. The summed E-state index contributed by atoms with van der Waals surface area (Å²) >= 11 is 0. The molecule has 0 saturated carbocycles. The summed E-state index contributed by atoms with van der Waals surface area (Å²) in [6, 6.07) is 2.88. The minimum Gasteiger partial charge on any atom is -0.271 e. The van der Waals surface area contributed by atoms with Crippen LogP contribution in [0.2, 0.25) is 0 Å². The van der Waals surface area contributed by atoms with Crippen LogP contribution in [-0.2, 0) is 6.54 Å². The molecule has 0 bridgehead atoms. The van der Waals surface area contributed by atoms with Crippen LogP contribution in [0.5, 0.6) is 0 Å². The summed E-state index contributed by atoms with van der Waals surface area (Å²) in [7, 11) is 0. The van der Waals surface area contributed by atoms with Crippen LogP contribution in [0.1, 0.15) is 5.69 Å². The highest BCUT2D eigenvalue weighted by molar-refractivity contribution is 5.85. The number of halogens is 2. The fourth-order valence-corrected chi connectivity index (χ4v) is 0.645. The van der Waals surface area contributed by atoms with Gasteiger partial charge in [-0.1, -0.05) is 0 Å². The van der Waals surface area contributed by atoms with E-state index in [1.807, 2.05) is 0 Å². The molecule has 0 aliphatic heterocycles. The lowest BCUT2D eigenvalue weighted by Crippen LogP contribution is -2.22. The van der Waals surface area contributed by atoms with Gasteiger partial charge in [0.1, 0.15) is 5.82 Å². The van der Waals surface area contributed by atoms with E-state index in [0.717, 1.165) is 0 Å². The second-order valence-electron chi connectivity index (χ2n) is 1.81. The lowest BCUT2D eigenvalue weighted by Gasteiger charge is -1.97. The Morgan fingerprint density at radius 1 is 1.64 bits per heavy atom. The zero-order chi connectivity index (χ0) is 7.40. The second kappa shape index (κ2) is 5.01. The van der Waals surface area contributed by atoms with Crippen LogP contribution < -0.4 is 11.3 Å². The number of nitrogens with two attached hydrogens (primary N) is 1. The average Bonchev–Trinajstić information content (AvgIpc) is 1.94. The minimum atomic E-state index is -0.333. The van der Waals surface area contributed by atoms with Crippen molar-refractivity contribution in [1.29, 1.82) is 0 Å². The molecule has 0 fully saturated rings. The van der Waals surface area contributed by atoms with E-state index in [-0.39, 0.29) is 24.8 Å². The van der Waals surface area contributed by atoms with Gasteiger partial charge in [0, 0.05) is 6.20 Å². The third-order valence-electron chi connectivity index (χ3n) is 1.10. The molecule has 0 aromatic carbocycles. The molecule has 0 unspecified atom stereocenters. The molecule has 3 N–H and O–H groups in total. The van der Waals surface area contributed by atoms with E-state index in [2.05, 4.69) is 10.4 Å². The molecular formula is C6H9ClFN3. The number of nitrogens with one attached hydrogen (secondary N) is 1. The van der Waals surface area contributed by atoms with Crippen LogP contribution in [0.15, 0.2) is 18.3 Å². The topological polar surface area (TPSA) is 50.9 Å². The fraction of sp³-hybridized carbons (Fsp3) is 0.167. The van der Waals surface area contributed by atoms with Crippen molar-refractivity contribution in [3.63, 3.8) is 0 Å². The van der Waals surface area contributed by atoms with Crippen LogP contribution in [0.3, 0.4) is 0 Å². The molecule has 3 nitrogen and oxygen atoms in total. The predicted molar refractivity (Wildman–Crippen MR) is 42.5 cm³/mol. The van der Waals surface area contributed by atoms with Gasteiger partial charge in [-0.15, -0.1) is 12.4 Å². The van der Waals surface area contributed by atoms with Gasteiger partial charge < -0.3 is 0 Å². The van der Waals surface area contributed by atoms with E-state index in [4.69, 9.17) is 5.84 Å². The highest BCUT2D eigenvalue weighted by Crippen LogP contribution is 2.00. The zero-order valence-electron chi connectivity index (χ0n) is 5.75. The lowest BCUT2D eigenvalue weighted by atomic mass is 10.3. The number of hydrogen-bond donors (Lipinski definition) is 2. The average molecular weight is 178 g/mol. The van der Waals surface area contributed by atoms with Gasteiger partial charge in [0.25, 0.3) is 0 Å². The summed E-state index contributed by atoms with van der Waals surface area (Å²) in [6.45, 7) is 0.257. The summed E-state index contributed by atoms with van der Waals surface area (Å²) in [5.41, 5.74) is 2.66. The van der Waals surface area contributed by atoms with Crippen molar-refractivity contribution in [3.8, 4) is 0 Å². The molecule has 62 valence electrons. The van der Waals surface area contributed by atoms with Gasteiger partial charge in [0.15, 0.2) is 0 Å². The van der Waals surface area contributed by atoms with Crippen molar-refractivity contribution in [2.75, 3.05) is 0 Å². The first-order valence-electron chi connectivity index (χ1n) is 2.87. The molecule has 5 heteroatoms. The first-order valence-corrected chi connectivity index (χ1v) is 2.87. The van der Waals surface area contributed by atoms with Gasteiger partial charge in [-0.3, -0.25) is 16.3 Å². The minimum absolute atomic E-state index is 0. The van der Waals surface area contributed by atoms with Gasteiger partial charge >= 0.3 is 0 Å². The number of hydrogen-bond acceptors (Lipinski definition) is 3. The summed E-state index contributed by atoms with van der Waals surface area (Å²) in [5.74, 6) is 4.64. The number of aromatic nitrogens is 1. The zero-order valence-corrected chi connectivity index (χ0v) is 6.57. The van der Waals surface area contributed by atoms with Gasteiger partial charge in [0.2, 0.25) is 0 Å². The van der Waals surface area contributed by atoms with Crippen molar-refractivity contribution in [2.24, 2.45) is 5.84 Å². The Bertz CT molecular complexity index is 219. The van der Waals surface area contributed by atoms with E-state index < -0.39 is 0 Å². The maximum Gasteiger partial charge on any atom is 0.146 e. The highest BCUT2D eigenvalue weighted by atomic mass is 35.5. The molecule has 1 heterocycles. The molecule has 0 aliphatic carbocycles. The van der Waals surface area contributed by atoms with Crippen molar-refractivity contribution in [3.05, 3.63) is 29.8 Å². The van der Waals surface area contributed by atoms with Crippen LogP contribution in [0.4, 0.5) is 4.39 Å². The second-order valence-corrected chi connectivity index (χ2v) is 1.81. The molecular weight excluding hydrogens is 169 g/mol. The molecule has 0 amide bonds. The van der Waals surface area contributed by atoms with Crippen molar-refractivity contribution < 1.29 is 4.39 Å². The Hall–Kier alpha value is -0.710.